The molecule has 0 aliphatic carbocycles. The lowest BCUT2D eigenvalue weighted by Gasteiger charge is -2.38. The molecule has 2 rings (SSSR count). The zero-order valence-electron chi connectivity index (χ0n) is 25.3. The molecule has 1 heterocycles. The largest absolute Gasteiger partial charge is 0.445 e. The second-order valence-corrected chi connectivity index (χ2v) is 9.70. The molecule has 44 heavy (non-hydrogen) atoms. The molecule has 0 bridgehead atoms. The number of nitrogens with one attached hydrogen (secondary N) is 2. The van der Waals surface area contributed by atoms with Crippen LogP contribution in [-0.4, -0.2) is 144 Å². The lowest BCUT2D eigenvalue weighted by atomic mass is 10.0. The third-order valence-electron chi connectivity index (χ3n) is 6.20. The van der Waals surface area contributed by atoms with Crippen molar-refractivity contribution in [2.45, 2.75) is 50.7 Å². The summed E-state index contributed by atoms with van der Waals surface area (Å²) >= 11 is 0. The fourth-order valence-corrected chi connectivity index (χ4v) is 3.75. The smallest absolute Gasteiger partial charge is 0.407 e. The number of aliphatic hydroxyl groups is 3. The molecular weight excluding hydrogens is 584 g/mol. The highest BCUT2D eigenvalue weighted by molar-refractivity contribution is 5.75. The molecular formula is C29H48N2O13. The zero-order valence-corrected chi connectivity index (χ0v) is 25.3. The minimum atomic E-state index is -1.36. The summed E-state index contributed by atoms with van der Waals surface area (Å²) in [5, 5.41) is 34.6. The maximum atomic E-state index is 11.8. The van der Waals surface area contributed by atoms with E-state index in [-0.39, 0.29) is 45.4 Å². The molecule has 0 spiro atoms. The molecule has 5 N–H and O–H groups in total. The Morgan fingerprint density at radius 1 is 0.705 bits per heavy atom. The Labute approximate surface area is 258 Å². The van der Waals surface area contributed by atoms with Crippen molar-refractivity contribution in [3.8, 4) is 0 Å². The van der Waals surface area contributed by atoms with Crippen molar-refractivity contribution in [3.05, 3.63) is 35.9 Å². The van der Waals surface area contributed by atoms with Gasteiger partial charge in [-0.1, -0.05) is 30.3 Å². The Hall–Kier alpha value is -2.44. The van der Waals surface area contributed by atoms with E-state index in [0.29, 0.717) is 59.3 Å². The average molecular weight is 633 g/mol. The van der Waals surface area contributed by atoms with Gasteiger partial charge in [-0.3, -0.25) is 4.79 Å². The first-order chi connectivity index (χ1) is 21.4. The summed E-state index contributed by atoms with van der Waals surface area (Å²) in [6, 6.07) is 9.43. The maximum Gasteiger partial charge on any atom is 0.407 e. The lowest BCUT2D eigenvalue weighted by molar-refractivity contribution is -0.294. The van der Waals surface area contributed by atoms with E-state index < -0.39 is 36.8 Å². The standard InChI is InChI=1S/C29H48N2O13/c1-22-25(33)26(34)27(35)28(44-22)42-20-19-39-11-8-30-24(32)7-10-37-13-15-40-17-18-41-16-14-38-12-9-31-29(36)43-21-23-5-3-2-4-6-23/h2-6,22,25-28,33-35H,7-21H2,1H3,(H,30,32)(H,31,36)/t22-,25-,26+,27+,28+/m0/s1. The molecule has 5 atom stereocenters. The Morgan fingerprint density at radius 2 is 1.25 bits per heavy atom. The number of hydrogen-bond acceptors (Lipinski definition) is 13. The van der Waals surface area contributed by atoms with Gasteiger partial charge in [0.15, 0.2) is 6.29 Å². The Morgan fingerprint density at radius 3 is 1.89 bits per heavy atom. The summed E-state index contributed by atoms with van der Waals surface area (Å²) in [7, 11) is 0. The highest BCUT2D eigenvalue weighted by atomic mass is 16.7. The Balaban J connectivity index is 1.26. The number of amides is 2. The molecule has 1 fully saturated rings. The van der Waals surface area contributed by atoms with E-state index in [0.717, 1.165) is 5.56 Å². The van der Waals surface area contributed by atoms with E-state index in [1.165, 1.54) is 0 Å². The van der Waals surface area contributed by atoms with Gasteiger partial charge in [-0.25, -0.2) is 4.79 Å². The van der Waals surface area contributed by atoms with E-state index in [2.05, 4.69) is 10.6 Å². The van der Waals surface area contributed by atoms with Crippen LogP contribution < -0.4 is 10.6 Å². The molecule has 0 unspecified atom stereocenters. The fraction of sp³-hybridized carbons (Fsp3) is 0.724. The third kappa shape index (κ3) is 17.2. The van der Waals surface area contributed by atoms with Gasteiger partial charge in [0.25, 0.3) is 0 Å². The molecule has 2 amide bonds. The van der Waals surface area contributed by atoms with Gasteiger partial charge in [-0.2, -0.15) is 0 Å². The molecule has 0 aromatic heterocycles. The molecule has 1 aliphatic heterocycles. The van der Waals surface area contributed by atoms with Gasteiger partial charge >= 0.3 is 6.09 Å². The van der Waals surface area contributed by atoms with Crippen LogP contribution in [0, 0.1) is 0 Å². The number of ether oxygens (including phenoxy) is 8. The van der Waals surface area contributed by atoms with Crippen molar-refractivity contribution in [1.82, 2.24) is 10.6 Å². The van der Waals surface area contributed by atoms with E-state index in [1.807, 2.05) is 30.3 Å². The van der Waals surface area contributed by atoms with E-state index in [4.69, 9.17) is 37.9 Å². The van der Waals surface area contributed by atoms with E-state index >= 15 is 0 Å². The fourth-order valence-electron chi connectivity index (χ4n) is 3.75. The number of rotatable bonds is 24. The van der Waals surface area contributed by atoms with Crippen LogP contribution in [0.15, 0.2) is 30.3 Å². The summed E-state index contributed by atoms with van der Waals surface area (Å²) in [5.41, 5.74) is 0.920. The van der Waals surface area contributed by atoms with Crippen LogP contribution in [0.4, 0.5) is 4.79 Å². The van der Waals surface area contributed by atoms with Crippen molar-refractivity contribution in [2.24, 2.45) is 0 Å². The topological polar surface area (TPSA) is 193 Å². The predicted octanol–water partition coefficient (Wildman–Crippen LogP) is -0.654. The molecule has 0 radical (unpaired) electrons. The highest BCUT2D eigenvalue weighted by Crippen LogP contribution is 2.21. The number of alkyl carbamates (subject to hydrolysis) is 1. The van der Waals surface area contributed by atoms with Gasteiger partial charge in [-0.15, -0.1) is 0 Å². The highest BCUT2D eigenvalue weighted by Gasteiger charge is 2.42. The number of carbonyl (C=O) groups excluding carboxylic acids is 2. The van der Waals surface area contributed by atoms with Crippen molar-refractivity contribution in [3.63, 3.8) is 0 Å². The number of aliphatic hydroxyl groups excluding tert-OH is 3. The number of hydrogen-bond donors (Lipinski definition) is 5. The first-order valence-electron chi connectivity index (χ1n) is 14.8. The lowest BCUT2D eigenvalue weighted by Crippen LogP contribution is -2.57. The molecule has 15 nitrogen and oxygen atoms in total. The van der Waals surface area contributed by atoms with Crippen molar-refractivity contribution in [1.29, 1.82) is 0 Å². The molecule has 252 valence electrons. The minimum Gasteiger partial charge on any atom is -0.445 e. The molecule has 0 saturated carbocycles. The minimum absolute atomic E-state index is 0.108. The van der Waals surface area contributed by atoms with Gasteiger partial charge in [0.2, 0.25) is 5.91 Å². The monoisotopic (exact) mass is 632 g/mol. The summed E-state index contributed by atoms with van der Waals surface area (Å²) in [6.45, 7) is 5.99. The van der Waals surface area contributed by atoms with Crippen molar-refractivity contribution in [2.75, 3.05) is 85.8 Å². The summed E-state index contributed by atoms with van der Waals surface area (Å²) in [5.74, 6) is -0.166. The molecule has 15 heteroatoms. The van der Waals surface area contributed by atoms with Crippen LogP contribution in [0.1, 0.15) is 18.9 Å². The average Bonchev–Trinajstić information content (AvgIpc) is 3.03. The van der Waals surface area contributed by atoms with Crippen LogP contribution in [0.3, 0.4) is 0 Å². The summed E-state index contributed by atoms with van der Waals surface area (Å²) in [4.78, 5) is 23.5. The quantitative estimate of drug-likeness (QED) is 0.0904. The van der Waals surface area contributed by atoms with Crippen molar-refractivity contribution >= 4 is 12.0 Å². The van der Waals surface area contributed by atoms with Gasteiger partial charge in [-0.05, 0) is 12.5 Å². The third-order valence-corrected chi connectivity index (χ3v) is 6.20. The van der Waals surface area contributed by atoms with Crippen molar-refractivity contribution < 1.29 is 62.8 Å². The van der Waals surface area contributed by atoms with Gasteiger partial charge in [0, 0.05) is 19.5 Å². The second-order valence-electron chi connectivity index (χ2n) is 9.70. The van der Waals surface area contributed by atoms with Crippen LogP contribution in [0.2, 0.25) is 0 Å². The van der Waals surface area contributed by atoms with Crippen LogP contribution in [0.25, 0.3) is 0 Å². The molecule has 1 aromatic rings. The SMILES string of the molecule is C[C@@H]1O[C@@H](OCCOCCNC(=O)CCOCCOCCOCCOCCNC(=O)OCc2ccccc2)[C@H](O)[C@H](O)[C@H]1O. The molecule has 1 aliphatic rings. The van der Waals surface area contributed by atoms with Gasteiger partial charge in [0.05, 0.1) is 78.8 Å². The second kappa shape index (κ2) is 23.9. The first-order valence-corrected chi connectivity index (χ1v) is 14.8. The molecule has 1 aromatic carbocycles. The first kappa shape index (κ1) is 37.7. The van der Waals surface area contributed by atoms with Crippen LogP contribution in [0.5, 0.6) is 0 Å². The van der Waals surface area contributed by atoms with Gasteiger partial charge in [0.1, 0.15) is 24.9 Å². The normalized spacial score (nSPS) is 21.6. The number of benzene rings is 1. The summed E-state index contributed by atoms with van der Waals surface area (Å²) in [6.07, 6.45) is -5.89. The molecule has 1 saturated heterocycles. The number of carbonyl (C=O) groups is 2. The maximum absolute atomic E-state index is 11.8. The Kier molecular flexibility index (Phi) is 20.5. The van der Waals surface area contributed by atoms with Crippen LogP contribution >= 0.6 is 0 Å². The predicted molar refractivity (Wildman–Crippen MR) is 155 cm³/mol. The Bertz CT molecular complexity index is 882. The van der Waals surface area contributed by atoms with E-state index in [1.54, 1.807) is 6.92 Å². The van der Waals surface area contributed by atoms with Gasteiger partial charge < -0.3 is 63.8 Å². The zero-order chi connectivity index (χ0) is 31.8. The summed E-state index contributed by atoms with van der Waals surface area (Å²) < 4.78 is 42.8. The van der Waals surface area contributed by atoms with E-state index in [9.17, 15) is 24.9 Å². The van der Waals surface area contributed by atoms with Crippen LogP contribution in [-0.2, 0) is 49.3 Å².